The van der Waals surface area contributed by atoms with Gasteiger partial charge in [0, 0.05) is 17.8 Å². The molecule has 78 valence electrons. The summed E-state index contributed by atoms with van der Waals surface area (Å²) in [5.74, 6) is 0.0771. The molecule has 0 radical (unpaired) electrons. The molecule has 0 saturated carbocycles. The zero-order chi connectivity index (χ0) is 10.9. The molecule has 1 rings (SSSR count). The van der Waals surface area contributed by atoms with Crippen molar-refractivity contribution in [2.45, 2.75) is 39.7 Å². The number of rotatable bonds is 2. The molecular weight excluding hydrogens is 180 g/mol. The van der Waals surface area contributed by atoms with Crippen LogP contribution in [0.4, 0.5) is 0 Å². The number of aromatic nitrogens is 2. The number of nitrogens with zero attached hydrogens (tertiary/aromatic N) is 1. The Morgan fingerprint density at radius 3 is 2.21 bits per heavy atom. The van der Waals surface area contributed by atoms with E-state index < -0.39 is 11.0 Å². The van der Waals surface area contributed by atoms with E-state index in [1.807, 2.05) is 27.7 Å². The van der Waals surface area contributed by atoms with Gasteiger partial charge < -0.3 is 5.10 Å². The molecule has 1 N–H and O–H groups in total. The quantitative estimate of drug-likeness (QED) is 0.723. The summed E-state index contributed by atoms with van der Waals surface area (Å²) in [6, 6.07) is -0.0172. The maximum atomic E-state index is 11.6. The molecule has 0 aliphatic rings. The highest BCUT2D eigenvalue weighted by Gasteiger charge is 2.11. The van der Waals surface area contributed by atoms with Gasteiger partial charge in [0.25, 0.3) is 0 Å². The minimum absolute atomic E-state index is 0.0172. The third-order valence-electron chi connectivity index (χ3n) is 2.17. The van der Waals surface area contributed by atoms with Crippen molar-refractivity contribution in [3.63, 3.8) is 0 Å². The fourth-order valence-corrected chi connectivity index (χ4v) is 1.31. The molecule has 4 heteroatoms. The number of nitrogens with one attached hydrogen (secondary N) is 1. The van der Waals surface area contributed by atoms with Gasteiger partial charge in [0.05, 0.1) is 0 Å². The summed E-state index contributed by atoms with van der Waals surface area (Å²) in [5, 5.41) is 2.83. The van der Waals surface area contributed by atoms with Crippen LogP contribution >= 0.6 is 0 Å². The highest BCUT2D eigenvalue weighted by molar-refractivity contribution is 5.11. The molecule has 0 bridgehead atoms. The molecule has 0 saturated heterocycles. The average Bonchev–Trinajstić information content (AvgIpc) is 2.08. The lowest BCUT2D eigenvalue weighted by molar-refractivity contribution is 0.495. The second-order valence-corrected chi connectivity index (χ2v) is 3.98. The minimum Gasteiger partial charge on any atom is -0.302 e. The Labute approximate surface area is 82.6 Å². The van der Waals surface area contributed by atoms with Gasteiger partial charge in [-0.15, -0.1) is 0 Å². The van der Waals surface area contributed by atoms with E-state index in [1.165, 1.54) is 4.68 Å². The Balaban J connectivity index is 3.43. The van der Waals surface area contributed by atoms with Gasteiger partial charge in [0.1, 0.15) is 0 Å². The first-order valence-electron chi connectivity index (χ1n) is 4.79. The largest absolute Gasteiger partial charge is 0.313 e. The van der Waals surface area contributed by atoms with Crippen molar-refractivity contribution in [3.8, 4) is 0 Å². The van der Waals surface area contributed by atoms with Crippen LogP contribution in [0, 0.1) is 0 Å². The van der Waals surface area contributed by atoms with Crippen molar-refractivity contribution in [2.24, 2.45) is 0 Å². The smallest absolute Gasteiger partial charge is 0.302 e. The molecule has 0 aliphatic carbocycles. The van der Waals surface area contributed by atoms with Crippen LogP contribution in [0.2, 0.25) is 0 Å². The Bertz CT molecular complexity index is 385. The van der Waals surface area contributed by atoms with Gasteiger partial charge in [-0.2, -0.15) is 0 Å². The lowest BCUT2D eigenvalue weighted by atomic mass is 10.1. The third kappa shape index (κ3) is 1.78. The molecule has 1 aromatic rings. The summed E-state index contributed by atoms with van der Waals surface area (Å²) in [4.78, 5) is 23.1. The molecule has 0 spiro atoms. The Morgan fingerprint density at radius 2 is 1.79 bits per heavy atom. The predicted octanol–water partition coefficient (Wildman–Crippen LogP) is 1.24. The van der Waals surface area contributed by atoms with Crippen molar-refractivity contribution in [1.82, 2.24) is 9.78 Å². The predicted molar refractivity (Wildman–Crippen MR) is 55.8 cm³/mol. The summed E-state index contributed by atoms with van der Waals surface area (Å²) < 4.78 is 1.34. The molecule has 14 heavy (non-hydrogen) atoms. The molecular formula is C10H16N2O2. The van der Waals surface area contributed by atoms with Crippen LogP contribution < -0.4 is 11.0 Å². The summed E-state index contributed by atoms with van der Waals surface area (Å²) in [6.45, 7) is 7.49. The van der Waals surface area contributed by atoms with Crippen LogP contribution in [0.3, 0.4) is 0 Å². The fourth-order valence-electron chi connectivity index (χ4n) is 1.31. The lowest BCUT2D eigenvalue weighted by Crippen LogP contribution is -2.39. The van der Waals surface area contributed by atoms with E-state index in [0.29, 0.717) is 5.56 Å². The van der Waals surface area contributed by atoms with E-state index >= 15 is 0 Å². The topological polar surface area (TPSA) is 54.9 Å². The molecule has 1 heterocycles. The number of H-pyrrole nitrogens is 1. The van der Waals surface area contributed by atoms with Crippen molar-refractivity contribution < 1.29 is 0 Å². The van der Waals surface area contributed by atoms with E-state index in [0.717, 1.165) is 0 Å². The molecule has 4 nitrogen and oxygen atoms in total. The number of aromatic amines is 1. The van der Waals surface area contributed by atoms with Gasteiger partial charge in [-0.25, -0.2) is 4.68 Å². The van der Waals surface area contributed by atoms with E-state index in [-0.39, 0.29) is 12.0 Å². The van der Waals surface area contributed by atoms with Gasteiger partial charge in [0.15, 0.2) is 0 Å². The first kappa shape index (κ1) is 10.8. The van der Waals surface area contributed by atoms with Crippen molar-refractivity contribution in [2.75, 3.05) is 0 Å². The summed E-state index contributed by atoms with van der Waals surface area (Å²) >= 11 is 0. The van der Waals surface area contributed by atoms with Gasteiger partial charge in [-0.3, -0.25) is 9.59 Å². The normalized spacial score (nSPS) is 11.3. The molecule has 0 amide bonds. The molecule has 0 atom stereocenters. The van der Waals surface area contributed by atoms with E-state index in [9.17, 15) is 9.59 Å². The second kappa shape index (κ2) is 3.82. The van der Waals surface area contributed by atoms with Crippen molar-refractivity contribution in [1.29, 1.82) is 0 Å². The van der Waals surface area contributed by atoms with Crippen LogP contribution in [0.15, 0.2) is 15.8 Å². The van der Waals surface area contributed by atoms with E-state index in [2.05, 4.69) is 5.10 Å². The second-order valence-electron chi connectivity index (χ2n) is 3.98. The van der Waals surface area contributed by atoms with Gasteiger partial charge in [-0.05, 0) is 19.8 Å². The Morgan fingerprint density at radius 1 is 1.21 bits per heavy atom. The molecule has 1 aromatic heterocycles. The first-order chi connectivity index (χ1) is 6.45. The zero-order valence-corrected chi connectivity index (χ0v) is 9.00. The number of hydrogen-bond donors (Lipinski definition) is 1. The molecule has 0 unspecified atom stereocenters. The number of hydrogen-bond acceptors (Lipinski definition) is 2. The Hall–Kier alpha value is -1.32. The fraction of sp³-hybridized carbons (Fsp3) is 0.600. The maximum absolute atomic E-state index is 11.6. The van der Waals surface area contributed by atoms with Gasteiger partial charge in [0.2, 0.25) is 5.43 Å². The summed E-state index contributed by atoms with van der Waals surface area (Å²) in [5.41, 5.74) is -0.314. The van der Waals surface area contributed by atoms with E-state index in [4.69, 9.17) is 0 Å². The first-order valence-corrected chi connectivity index (χ1v) is 4.79. The Kier molecular flexibility index (Phi) is 2.93. The van der Waals surface area contributed by atoms with Crippen LogP contribution in [0.1, 0.15) is 45.2 Å². The monoisotopic (exact) mass is 196 g/mol. The van der Waals surface area contributed by atoms with Crippen LogP contribution in [-0.4, -0.2) is 9.78 Å². The van der Waals surface area contributed by atoms with Crippen LogP contribution in [0.25, 0.3) is 0 Å². The molecule has 0 aromatic carbocycles. The van der Waals surface area contributed by atoms with Crippen molar-refractivity contribution in [3.05, 3.63) is 32.3 Å². The SMILES string of the molecule is CC(C)c1c[nH]n(C(C)C)c(=O)c1=O. The van der Waals surface area contributed by atoms with Crippen LogP contribution in [-0.2, 0) is 0 Å². The highest BCUT2D eigenvalue weighted by Crippen LogP contribution is 2.06. The average molecular weight is 196 g/mol. The highest BCUT2D eigenvalue weighted by atomic mass is 16.2. The maximum Gasteiger partial charge on any atom is 0.313 e. The summed E-state index contributed by atoms with van der Waals surface area (Å²) in [6.07, 6.45) is 1.62. The minimum atomic E-state index is -0.466. The van der Waals surface area contributed by atoms with Gasteiger partial charge in [-0.1, -0.05) is 13.8 Å². The zero-order valence-electron chi connectivity index (χ0n) is 9.00. The molecule has 0 fully saturated rings. The standard InChI is InChI=1S/C10H16N2O2/c1-6(2)8-5-11-12(7(3)4)10(14)9(8)13/h5-7,11H,1-4H3. The summed E-state index contributed by atoms with van der Waals surface area (Å²) in [7, 11) is 0. The van der Waals surface area contributed by atoms with E-state index in [1.54, 1.807) is 6.20 Å². The van der Waals surface area contributed by atoms with Gasteiger partial charge >= 0.3 is 5.56 Å². The molecule has 0 aliphatic heterocycles. The van der Waals surface area contributed by atoms with Crippen LogP contribution in [0.5, 0.6) is 0 Å². The van der Waals surface area contributed by atoms with Crippen molar-refractivity contribution >= 4 is 0 Å². The lowest BCUT2D eigenvalue weighted by Gasteiger charge is -2.11. The third-order valence-corrected chi connectivity index (χ3v) is 2.17.